The van der Waals surface area contributed by atoms with Crippen LogP contribution in [0.3, 0.4) is 0 Å². The molecule has 2 atom stereocenters. The van der Waals surface area contributed by atoms with E-state index in [2.05, 4.69) is 0 Å². The second-order valence-corrected chi connectivity index (χ2v) is 10.4. The molecule has 0 aliphatic carbocycles. The van der Waals surface area contributed by atoms with Crippen LogP contribution in [0.4, 0.5) is 26.3 Å². The predicted octanol–water partition coefficient (Wildman–Crippen LogP) is 7.59. The number of hydrogen-bond donors (Lipinski definition) is 1. The third kappa shape index (κ3) is 6.74. The fraction of sp³-hybridized carbons (Fsp3) is 0.212. The van der Waals surface area contributed by atoms with Gasteiger partial charge in [0.05, 0.1) is 31.4 Å². The number of carbonyl (C=O) groups is 1. The highest BCUT2D eigenvalue weighted by Crippen LogP contribution is 2.46. The van der Waals surface area contributed by atoms with E-state index < -0.39 is 41.5 Å². The summed E-state index contributed by atoms with van der Waals surface area (Å²) in [6.45, 7) is 0.0266. The smallest absolute Gasteiger partial charge is 0.416 e. The molecule has 45 heavy (non-hydrogen) atoms. The van der Waals surface area contributed by atoms with Crippen LogP contribution in [0.2, 0.25) is 0 Å². The predicted molar refractivity (Wildman–Crippen MR) is 155 cm³/mol. The molecule has 1 amide bonds. The van der Waals surface area contributed by atoms with E-state index in [4.69, 9.17) is 20.2 Å². The van der Waals surface area contributed by atoms with Crippen molar-refractivity contribution in [1.82, 2.24) is 4.90 Å². The maximum atomic E-state index is 13.9. The van der Waals surface area contributed by atoms with Gasteiger partial charge in [-0.3, -0.25) is 9.79 Å². The van der Waals surface area contributed by atoms with Crippen LogP contribution in [0.15, 0.2) is 96.0 Å². The van der Waals surface area contributed by atoms with Crippen LogP contribution in [0.5, 0.6) is 11.5 Å². The van der Waals surface area contributed by atoms with Crippen molar-refractivity contribution in [2.24, 2.45) is 10.7 Å². The number of rotatable bonds is 8. The van der Waals surface area contributed by atoms with E-state index in [0.717, 1.165) is 0 Å². The normalized spacial score (nSPS) is 16.8. The molecule has 1 aliphatic rings. The molecule has 1 aliphatic heterocycles. The summed E-state index contributed by atoms with van der Waals surface area (Å²) in [5.74, 6) is 0.401. The Morgan fingerprint density at radius 2 is 1.24 bits per heavy atom. The summed E-state index contributed by atoms with van der Waals surface area (Å²) in [6.07, 6.45) is -10.1. The van der Waals surface area contributed by atoms with Crippen molar-refractivity contribution in [3.63, 3.8) is 0 Å². The lowest BCUT2D eigenvalue weighted by Crippen LogP contribution is -2.32. The molecule has 4 aromatic rings. The number of alkyl halides is 6. The van der Waals surface area contributed by atoms with Gasteiger partial charge in [-0.15, -0.1) is 0 Å². The number of ether oxygens (including phenoxy) is 2. The largest absolute Gasteiger partial charge is 0.497 e. The summed E-state index contributed by atoms with van der Waals surface area (Å²) >= 11 is 0. The van der Waals surface area contributed by atoms with E-state index in [1.165, 1.54) is 26.4 Å². The molecule has 0 spiro atoms. The van der Waals surface area contributed by atoms with E-state index in [1.54, 1.807) is 65.6 Å². The quantitative estimate of drug-likeness (QED) is 0.204. The number of carbonyl (C=O) groups excluding carboxylic acids is 1. The molecule has 0 bridgehead atoms. The van der Waals surface area contributed by atoms with Gasteiger partial charge in [-0.25, -0.2) is 0 Å². The lowest BCUT2D eigenvalue weighted by Gasteiger charge is -2.32. The molecule has 0 fully saturated rings. The number of aliphatic imine (C=N–C) groups is 1. The minimum Gasteiger partial charge on any atom is -0.497 e. The van der Waals surface area contributed by atoms with E-state index in [-0.39, 0.29) is 29.6 Å². The summed E-state index contributed by atoms with van der Waals surface area (Å²) in [7, 11) is 3.00. The second-order valence-electron chi connectivity index (χ2n) is 10.4. The molecule has 2 unspecified atom stereocenters. The van der Waals surface area contributed by atoms with Gasteiger partial charge in [-0.05, 0) is 71.3 Å². The Hall–Kier alpha value is -5.00. The van der Waals surface area contributed by atoms with Gasteiger partial charge >= 0.3 is 12.4 Å². The number of amides is 1. The topological polar surface area (TPSA) is 77.1 Å². The minimum absolute atomic E-state index is 0.0266. The van der Waals surface area contributed by atoms with E-state index in [9.17, 15) is 31.1 Å². The number of methoxy groups -OCH3 is 2. The Bertz CT molecular complexity index is 1670. The fourth-order valence-electron chi connectivity index (χ4n) is 5.27. The van der Waals surface area contributed by atoms with Crippen molar-refractivity contribution in [3.8, 4) is 11.5 Å². The van der Waals surface area contributed by atoms with Gasteiger partial charge in [-0.1, -0.05) is 36.4 Å². The minimum atomic E-state index is -5.05. The van der Waals surface area contributed by atoms with E-state index in [1.807, 2.05) is 0 Å². The number of benzene rings is 4. The van der Waals surface area contributed by atoms with Gasteiger partial charge in [0.25, 0.3) is 0 Å². The zero-order chi connectivity index (χ0) is 32.5. The first-order valence-electron chi connectivity index (χ1n) is 13.6. The van der Waals surface area contributed by atoms with Crippen LogP contribution in [-0.2, 0) is 18.9 Å². The molecule has 0 saturated heterocycles. The Morgan fingerprint density at radius 1 is 0.756 bits per heavy atom. The Kier molecular flexibility index (Phi) is 8.51. The maximum Gasteiger partial charge on any atom is 0.416 e. The molecule has 12 heteroatoms. The van der Waals surface area contributed by atoms with Crippen molar-refractivity contribution in [2.45, 2.75) is 31.0 Å². The maximum absolute atomic E-state index is 13.9. The average molecular weight is 628 g/mol. The summed E-state index contributed by atoms with van der Waals surface area (Å²) in [5.41, 5.74) is 4.33. The van der Waals surface area contributed by atoms with Crippen LogP contribution >= 0.6 is 0 Å². The van der Waals surface area contributed by atoms with Gasteiger partial charge in [0.15, 0.2) is 0 Å². The number of amidine groups is 1. The fourth-order valence-corrected chi connectivity index (χ4v) is 5.27. The van der Waals surface area contributed by atoms with Crippen LogP contribution in [0.25, 0.3) is 0 Å². The molecule has 5 rings (SSSR count). The standard InChI is InChI=1S/C33H27F6N3O3/c1-44-26-11-7-20(8-12-26)28-29(21-9-13-27(45-2)14-10-21)42(18-19-3-5-22(6-4-19)30(40)43)31(41-28)23-15-24(32(34,35)36)17-25(16-23)33(37,38)39/h3-17,28-29H,18H2,1-2H3,(H2,40,43). The summed E-state index contributed by atoms with van der Waals surface area (Å²) in [4.78, 5) is 18.1. The number of nitrogens with zero attached hydrogens (tertiary/aromatic N) is 2. The highest BCUT2D eigenvalue weighted by Gasteiger charge is 2.42. The number of hydrogen-bond acceptors (Lipinski definition) is 5. The monoisotopic (exact) mass is 627 g/mol. The van der Waals surface area contributed by atoms with Crippen LogP contribution in [0, 0.1) is 0 Å². The van der Waals surface area contributed by atoms with Gasteiger partial charge in [0.1, 0.15) is 23.4 Å². The van der Waals surface area contributed by atoms with Crippen LogP contribution < -0.4 is 15.2 Å². The SMILES string of the molecule is COc1ccc(C2N=C(c3cc(C(F)(F)F)cc(C(F)(F)F)c3)N(Cc3ccc(C(N)=O)cc3)C2c2ccc(OC)cc2)cc1. The first-order chi connectivity index (χ1) is 21.3. The van der Waals surface area contributed by atoms with Crippen LogP contribution in [-0.4, -0.2) is 30.9 Å². The average Bonchev–Trinajstić information content (AvgIpc) is 3.39. The Balaban J connectivity index is 1.73. The molecule has 2 N–H and O–H groups in total. The van der Waals surface area contributed by atoms with Gasteiger partial charge in [0, 0.05) is 17.7 Å². The third-order valence-electron chi connectivity index (χ3n) is 7.52. The van der Waals surface area contributed by atoms with Crippen LogP contribution in [0.1, 0.15) is 55.8 Å². The first-order valence-corrected chi connectivity index (χ1v) is 13.6. The van der Waals surface area contributed by atoms with Crippen molar-refractivity contribution < 1.29 is 40.6 Å². The van der Waals surface area contributed by atoms with Crippen molar-refractivity contribution in [2.75, 3.05) is 14.2 Å². The zero-order valence-electron chi connectivity index (χ0n) is 24.0. The van der Waals surface area contributed by atoms with Gasteiger partial charge < -0.3 is 20.1 Å². The number of halogens is 6. The molecule has 1 heterocycles. The van der Waals surface area contributed by atoms with Gasteiger partial charge in [0.2, 0.25) is 5.91 Å². The lowest BCUT2D eigenvalue weighted by molar-refractivity contribution is -0.143. The molecule has 234 valence electrons. The molecule has 0 aromatic heterocycles. The molecular formula is C33H27F6N3O3. The van der Waals surface area contributed by atoms with E-state index in [0.29, 0.717) is 40.3 Å². The zero-order valence-corrected chi connectivity index (χ0v) is 24.0. The number of nitrogens with two attached hydrogens (primary N) is 1. The molecular weight excluding hydrogens is 600 g/mol. The molecule has 4 aromatic carbocycles. The number of primary amides is 1. The highest BCUT2D eigenvalue weighted by molar-refractivity contribution is 6.01. The van der Waals surface area contributed by atoms with Crippen molar-refractivity contribution in [3.05, 3.63) is 130 Å². The summed E-state index contributed by atoms with van der Waals surface area (Å²) < 4.78 is 94.0. The molecule has 0 saturated carbocycles. The lowest BCUT2D eigenvalue weighted by atomic mass is 9.93. The third-order valence-corrected chi connectivity index (χ3v) is 7.52. The summed E-state index contributed by atoms with van der Waals surface area (Å²) in [5, 5.41) is 0. The van der Waals surface area contributed by atoms with Crippen molar-refractivity contribution in [1.29, 1.82) is 0 Å². The Labute approximate surface area is 254 Å². The first kappa shape index (κ1) is 31.4. The Morgan fingerprint density at radius 3 is 1.69 bits per heavy atom. The van der Waals surface area contributed by atoms with Crippen molar-refractivity contribution >= 4 is 11.7 Å². The molecule has 0 radical (unpaired) electrons. The highest BCUT2D eigenvalue weighted by atomic mass is 19.4. The molecule has 6 nitrogen and oxygen atoms in total. The second kappa shape index (κ2) is 12.2. The summed E-state index contributed by atoms with van der Waals surface area (Å²) in [6, 6.07) is 20.2. The van der Waals surface area contributed by atoms with E-state index >= 15 is 0 Å². The van der Waals surface area contributed by atoms with Gasteiger partial charge in [-0.2, -0.15) is 26.3 Å².